The maximum atomic E-state index is 10.8. The van der Waals surface area contributed by atoms with Crippen LogP contribution >= 0.6 is 11.5 Å². The molecule has 0 saturated heterocycles. The lowest BCUT2D eigenvalue weighted by Crippen LogP contribution is -2.14. The number of aliphatic carboxylic acids is 1. The second kappa shape index (κ2) is 3.30. The summed E-state index contributed by atoms with van der Waals surface area (Å²) < 4.78 is 4.39. The number of nitrogens with zero attached hydrogens (tertiary/aromatic N) is 1. The van der Waals surface area contributed by atoms with Crippen LogP contribution in [0.3, 0.4) is 0 Å². The van der Waals surface area contributed by atoms with Crippen molar-refractivity contribution >= 4 is 17.5 Å². The van der Waals surface area contributed by atoms with Crippen LogP contribution in [0.2, 0.25) is 0 Å². The Morgan fingerprint density at radius 1 is 1.60 bits per heavy atom. The predicted octanol–water partition coefficient (Wildman–Crippen LogP) is 2.63. The van der Waals surface area contributed by atoms with Crippen molar-refractivity contribution in [1.29, 1.82) is 0 Å². The van der Waals surface area contributed by atoms with Crippen molar-refractivity contribution in [3.63, 3.8) is 0 Å². The molecule has 0 radical (unpaired) electrons. The average molecular weight is 225 g/mol. The highest BCUT2D eigenvalue weighted by Gasteiger charge is 2.46. The number of hydrogen-bond donors (Lipinski definition) is 1. The van der Waals surface area contributed by atoms with Crippen LogP contribution in [-0.4, -0.2) is 15.4 Å². The highest BCUT2D eigenvalue weighted by atomic mass is 32.1. The standard InChI is InChI=1S/C11H15NO2S/c1-11(2,3)9-8(5-15-12-9)6-4-7(6)10(13)14/h5-7H,4H2,1-3H3,(H,13,14). The van der Waals surface area contributed by atoms with E-state index in [0.29, 0.717) is 0 Å². The predicted molar refractivity (Wildman–Crippen MR) is 59.3 cm³/mol. The SMILES string of the molecule is CC(C)(C)c1nscc1C1CC1C(=O)O. The van der Waals surface area contributed by atoms with E-state index in [-0.39, 0.29) is 17.3 Å². The molecule has 1 aliphatic carbocycles. The summed E-state index contributed by atoms with van der Waals surface area (Å²) in [4.78, 5) is 10.8. The number of carboxylic acids is 1. The molecule has 1 fully saturated rings. The Hall–Kier alpha value is -0.900. The van der Waals surface area contributed by atoms with Crippen LogP contribution in [0.25, 0.3) is 0 Å². The van der Waals surface area contributed by atoms with E-state index in [0.717, 1.165) is 17.7 Å². The van der Waals surface area contributed by atoms with Crippen LogP contribution in [-0.2, 0) is 10.2 Å². The number of rotatable bonds is 2. The van der Waals surface area contributed by atoms with Gasteiger partial charge in [-0.2, -0.15) is 4.37 Å². The zero-order valence-electron chi connectivity index (χ0n) is 9.15. The zero-order chi connectivity index (χ0) is 11.2. The van der Waals surface area contributed by atoms with Crippen LogP contribution in [0.4, 0.5) is 0 Å². The van der Waals surface area contributed by atoms with E-state index in [4.69, 9.17) is 5.11 Å². The lowest BCUT2D eigenvalue weighted by Gasteiger charge is -2.17. The van der Waals surface area contributed by atoms with E-state index >= 15 is 0 Å². The molecule has 0 amide bonds. The highest BCUT2D eigenvalue weighted by Crippen LogP contribution is 2.50. The van der Waals surface area contributed by atoms with Crippen molar-refractivity contribution in [2.45, 2.75) is 38.5 Å². The summed E-state index contributed by atoms with van der Waals surface area (Å²) in [6.45, 7) is 6.34. The van der Waals surface area contributed by atoms with Gasteiger partial charge in [-0.1, -0.05) is 20.8 Å². The van der Waals surface area contributed by atoms with Crippen LogP contribution in [0, 0.1) is 5.92 Å². The Morgan fingerprint density at radius 2 is 2.27 bits per heavy atom. The summed E-state index contributed by atoms with van der Waals surface area (Å²) in [5.74, 6) is -0.649. The first-order chi connectivity index (χ1) is 6.91. The normalized spacial score (nSPS) is 25.3. The van der Waals surface area contributed by atoms with Gasteiger partial charge in [0.05, 0.1) is 11.6 Å². The molecule has 4 heteroatoms. The van der Waals surface area contributed by atoms with E-state index in [9.17, 15) is 4.79 Å². The summed E-state index contributed by atoms with van der Waals surface area (Å²) in [5, 5.41) is 10.9. The van der Waals surface area contributed by atoms with Gasteiger partial charge < -0.3 is 5.11 Å². The van der Waals surface area contributed by atoms with Crippen LogP contribution < -0.4 is 0 Å². The molecular weight excluding hydrogens is 210 g/mol. The number of carbonyl (C=O) groups is 1. The molecule has 2 unspecified atom stereocenters. The number of aromatic nitrogens is 1. The van der Waals surface area contributed by atoms with Gasteiger partial charge >= 0.3 is 5.97 Å². The lowest BCUT2D eigenvalue weighted by molar-refractivity contribution is -0.138. The molecule has 1 aromatic heterocycles. The van der Waals surface area contributed by atoms with E-state index in [1.807, 2.05) is 5.38 Å². The summed E-state index contributed by atoms with van der Waals surface area (Å²) in [5.41, 5.74) is 2.24. The Balaban J connectivity index is 2.25. The van der Waals surface area contributed by atoms with Gasteiger partial charge in [-0.25, -0.2) is 0 Å². The van der Waals surface area contributed by atoms with Crippen LogP contribution in [0.1, 0.15) is 44.4 Å². The molecule has 0 bridgehead atoms. The molecule has 2 rings (SSSR count). The zero-order valence-corrected chi connectivity index (χ0v) is 9.97. The van der Waals surface area contributed by atoms with Crippen molar-refractivity contribution in [3.8, 4) is 0 Å². The quantitative estimate of drug-likeness (QED) is 0.841. The van der Waals surface area contributed by atoms with E-state index in [1.165, 1.54) is 11.5 Å². The Morgan fingerprint density at radius 3 is 2.73 bits per heavy atom. The maximum Gasteiger partial charge on any atom is 0.307 e. The maximum absolute atomic E-state index is 10.8. The third kappa shape index (κ3) is 1.91. The summed E-state index contributed by atoms with van der Waals surface area (Å²) in [7, 11) is 0. The molecule has 3 nitrogen and oxygen atoms in total. The first kappa shape index (κ1) is 10.6. The molecular formula is C11H15NO2S. The van der Waals surface area contributed by atoms with E-state index in [2.05, 4.69) is 25.1 Å². The van der Waals surface area contributed by atoms with E-state index in [1.54, 1.807) is 0 Å². The average Bonchev–Trinajstić information content (AvgIpc) is 2.73. The molecule has 1 saturated carbocycles. The fraction of sp³-hybridized carbons (Fsp3) is 0.636. The minimum absolute atomic E-state index is 0.0149. The molecule has 82 valence electrons. The first-order valence-corrected chi connectivity index (χ1v) is 5.92. The minimum atomic E-state index is -0.675. The van der Waals surface area contributed by atoms with Gasteiger partial charge in [0.25, 0.3) is 0 Å². The van der Waals surface area contributed by atoms with Crippen LogP contribution in [0.5, 0.6) is 0 Å². The molecule has 2 atom stereocenters. The lowest BCUT2D eigenvalue weighted by atomic mass is 9.88. The molecule has 1 aliphatic rings. The second-order valence-corrected chi connectivity index (χ2v) is 5.78. The molecule has 0 spiro atoms. The fourth-order valence-corrected chi connectivity index (χ4v) is 2.83. The van der Waals surface area contributed by atoms with Gasteiger partial charge in [-0.3, -0.25) is 4.79 Å². The second-order valence-electron chi connectivity index (χ2n) is 5.16. The molecule has 1 aromatic rings. The van der Waals surface area contributed by atoms with Gasteiger partial charge in [0, 0.05) is 16.7 Å². The van der Waals surface area contributed by atoms with Crippen LogP contribution in [0.15, 0.2) is 5.38 Å². The largest absolute Gasteiger partial charge is 0.481 e. The smallest absolute Gasteiger partial charge is 0.307 e. The van der Waals surface area contributed by atoms with Crippen molar-refractivity contribution in [1.82, 2.24) is 4.37 Å². The third-order valence-corrected chi connectivity index (χ3v) is 3.46. The van der Waals surface area contributed by atoms with Crippen molar-refractivity contribution in [3.05, 3.63) is 16.6 Å². The first-order valence-electron chi connectivity index (χ1n) is 5.09. The van der Waals surface area contributed by atoms with Gasteiger partial charge in [0.15, 0.2) is 0 Å². The molecule has 0 aromatic carbocycles. The molecule has 1 heterocycles. The molecule has 1 N–H and O–H groups in total. The summed E-state index contributed by atoms with van der Waals surface area (Å²) in [6.07, 6.45) is 0.775. The Bertz CT molecular complexity index is 392. The summed E-state index contributed by atoms with van der Waals surface area (Å²) in [6, 6.07) is 0. The fourth-order valence-electron chi connectivity index (χ4n) is 1.89. The Kier molecular flexibility index (Phi) is 2.34. The van der Waals surface area contributed by atoms with Gasteiger partial charge in [0.2, 0.25) is 0 Å². The van der Waals surface area contributed by atoms with E-state index < -0.39 is 5.97 Å². The van der Waals surface area contributed by atoms with Crippen molar-refractivity contribution in [2.24, 2.45) is 5.92 Å². The van der Waals surface area contributed by atoms with Gasteiger partial charge in [-0.15, -0.1) is 0 Å². The number of carboxylic acid groups (broad SMARTS) is 1. The van der Waals surface area contributed by atoms with Crippen molar-refractivity contribution in [2.75, 3.05) is 0 Å². The molecule has 0 aliphatic heterocycles. The summed E-state index contributed by atoms with van der Waals surface area (Å²) >= 11 is 1.43. The third-order valence-electron chi connectivity index (χ3n) is 2.81. The monoisotopic (exact) mass is 225 g/mol. The van der Waals surface area contributed by atoms with Gasteiger partial charge in [0.1, 0.15) is 0 Å². The van der Waals surface area contributed by atoms with Crippen molar-refractivity contribution < 1.29 is 9.90 Å². The Labute approximate surface area is 93.3 Å². The minimum Gasteiger partial charge on any atom is -0.481 e. The number of hydrogen-bond acceptors (Lipinski definition) is 3. The van der Waals surface area contributed by atoms with Gasteiger partial charge in [-0.05, 0) is 23.5 Å². The highest BCUT2D eigenvalue weighted by molar-refractivity contribution is 7.03. The topological polar surface area (TPSA) is 50.2 Å². The molecule has 15 heavy (non-hydrogen) atoms.